The molecule has 0 aromatic heterocycles. The molecule has 0 saturated carbocycles. The molecule has 8 heteroatoms. The second-order valence-electron chi connectivity index (χ2n) is 9.67. The summed E-state index contributed by atoms with van der Waals surface area (Å²) in [6.07, 6.45) is 0.763. The third-order valence-electron chi connectivity index (χ3n) is 7.12. The van der Waals surface area contributed by atoms with E-state index in [0.29, 0.717) is 26.3 Å². The van der Waals surface area contributed by atoms with Crippen molar-refractivity contribution in [3.63, 3.8) is 0 Å². The van der Waals surface area contributed by atoms with Gasteiger partial charge in [-0.3, -0.25) is 0 Å². The van der Waals surface area contributed by atoms with E-state index in [0.717, 1.165) is 60.2 Å². The van der Waals surface area contributed by atoms with Crippen molar-refractivity contribution in [1.29, 1.82) is 0 Å². The van der Waals surface area contributed by atoms with Gasteiger partial charge >= 0.3 is 0 Å². The van der Waals surface area contributed by atoms with Gasteiger partial charge < -0.3 is 29.2 Å². The smallest absolute Gasteiger partial charge is 0.142 e. The average Bonchev–Trinajstić information content (AvgIpc) is 2.97. The predicted octanol–water partition coefficient (Wildman–Crippen LogP) is 5.12. The van der Waals surface area contributed by atoms with E-state index in [2.05, 4.69) is 21.5 Å². The lowest BCUT2D eigenvalue weighted by molar-refractivity contribution is 0.00539. The highest BCUT2D eigenvalue weighted by Gasteiger charge is 2.36. The highest BCUT2D eigenvalue weighted by molar-refractivity contribution is 5.61. The standard InChI is InChI=1S/C30H35N3O5/c1-35-16-5-14-33-15-17-36-28-13-8-22(18-27(28)33)21-37-29-20-31-19-26(32-34)30(29)23-9-11-25(12-10-23)38-24-6-3-2-4-7-24/h2-4,6-13,18,26,29-31H,5,14-17,19-21H2,1H3/t26-,29+,30+/m1/s1. The molecule has 38 heavy (non-hydrogen) atoms. The fraction of sp³-hybridized carbons (Fsp3) is 0.400. The van der Waals surface area contributed by atoms with Crippen LogP contribution in [0.4, 0.5) is 5.69 Å². The van der Waals surface area contributed by atoms with Crippen LogP contribution >= 0.6 is 0 Å². The Kier molecular flexibility index (Phi) is 8.86. The molecule has 5 rings (SSSR count). The van der Waals surface area contributed by atoms with E-state index < -0.39 is 6.04 Å². The van der Waals surface area contributed by atoms with Crippen molar-refractivity contribution in [1.82, 2.24) is 5.32 Å². The number of nitroso groups, excluding NO2 is 1. The molecule has 2 heterocycles. The maximum Gasteiger partial charge on any atom is 0.142 e. The quantitative estimate of drug-likeness (QED) is 0.279. The summed E-state index contributed by atoms with van der Waals surface area (Å²) in [5.74, 6) is 2.28. The molecule has 1 fully saturated rings. The fourth-order valence-corrected chi connectivity index (χ4v) is 5.20. The molecule has 1 saturated heterocycles. The number of nitrogens with one attached hydrogen (secondary N) is 1. The van der Waals surface area contributed by atoms with Gasteiger partial charge in [-0.05, 0) is 53.9 Å². The maximum absolute atomic E-state index is 11.8. The molecule has 1 N–H and O–H groups in total. The number of ether oxygens (including phenoxy) is 4. The van der Waals surface area contributed by atoms with Crippen molar-refractivity contribution >= 4 is 5.69 Å². The first-order valence-corrected chi connectivity index (χ1v) is 13.2. The second kappa shape index (κ2) is 12.9. The Bertz CT molecular complexity index is 1170. The van der Waals surface area contributed by atoms with Crippen LogP contribution < -0.4 is 19.7 Å². The molecule has 0 amide bonds. The molecular weight excluding hydrogens is 482 g/mol. The molecule has 8 nitrogen and oxygen atoms in total. The zero-order valence-electron chi connectivity index (χ0n) is 21.8. The lowest BCUT2D eigenvalue weighted by atomic mass is 9.84. The first-order valence-electron chi connectivity index (χ1n) is 13.2. The zero-order chi connectivity index (χ0) is 26.2. The van der Waals surface area contributed by atoms with Crippen molar-refractivity contribution in [3.8, 4) is 17.2 Å². The van der Waals surface area contributed by atoms with E-state index in [1.54, 1.807) is 7.11 Å². The molecular formula is C30H35N3O5. The Balaban J connectivity index is 1.28. The average molecular weight is 518 g/mol. The number of anilines is 1. The monoisotopic (exact) mass is 517 g/mol. The molecule has 3 aromatic rings. The highest BCUT2D eigenvalue weighted by Crippen LogP contribution is 2.35. The van der Waals surface area contributed by atoms with Crippen molar-refractivity contribution in [2.75, 3.05) is 51.4 Å². The second-order valence-corrected chi connectivity index (χ2v) is 9.67. The Morgan fingerprint density at radius 3 is 2.63 bits per heavy atom. The van der Waals surface area contributed by atoms with Crippen molar-refractivity contribution < 1.29 is 18.9 Å². The molecule has 0 spiro atoms. The van der Waals surface area contributed by atoms with Gasteiger partial charge in [-0.25, -0.2) is 0 Å². The number of nitrogens with zero attached hydrogens (tertiary/aromatic N) is 2. The first-order chi connectivity index (χ1) is 18.7. The van der Waals surface area contributed by atoms with Crippen LogP contribution in [0.3, 0.4) is 0 Å². The number of hydrogen-bond donors (Lipinski definition) is 1. The number of fused-ring (bicyclic) bond motifs is 1. The summed E-state index contributed by atoms with van der Waals surface area (Å²) in [6, 6.07) is 23.4. The van der Waals surface area contributed by atoms with E-state index in [1.165, 1.54) is 0 Å². The summed E-state index contributed by atoms with van der Waals surface area (Å²) in [7, 11) is 1.73. The summed E-state index contributed by atoms with van der Waals surface area (Å²) >= 11 is 0. The Morgan fingerprint density at radius 1 is 1.03 bits per heavy atom. The van der Waals surface area contributed by atoms with Gasteiger partial charge in [-0.15, -0.1) is 0 Å². The fourth-order valence-electron chi connectivity index (χ4n) is 5.20. The van der Waals surface area contributed by atoms with Gasteiger partial charge in [0.1, 0.15) is 29.9 Å². The molecule has 0 aliphatic carbocycles. The van der Waals surface area contributed by atoms with Crippen LogP contribution in [0.1, 0.15) is 23.5 Å². The summed E-state index contributed by atoms with van der Waals surface area (Å²) in [4.78, 5) is 14.1. The molecule has 0 unspecified atom stereocenters. The number of methoxy groups -OCH3 is 1. The molecule has 2 aliphatic heterocycles. The van der Waals surface area contributed by atoms with Crippen molar-refractivity contribution in [2.45, 2.75) is 31.1 Å². The first kappa shape index (κ1) is 26.2. The number of benzene rings is 3. The minimum Gasteiger partial charge on any atom is -0.490 e. The zero-order valence-corrected chi connectivity index (χ0v) is 21.8. The molecule has 3 aromatic carbocycles. The number of para-hydroxylation sites is 1. The Hall–Kier alpha value is -3.46. The SMILES string of the molecule is COCCCN1CCOc2ccc(CO[C@H]3CNC[C@@H](N=O)[C@@H]3c3ccc(Oc4ccccc4)cc3)cc21. The van der Waals surface area contributed by atoms with Crippen LogP contribution in [-0.4, -0.2) is 58.6 Å². The van der Waals surface area contributed by atoms with Gasteiger partial charge in [0, 0.05) is 39.3 Å². The number of piperidine rings is 1. The van der Waals surface area contributed by atoms with Crippen molar-refractivity contribution in [2.24, 2.45) is 5.18 Å². The third-order valence-corrected chi connectivity index (χ3v) is 7.12. The minimum absolute atomic E-state index is 0.147. The van der Waals surface area contributed by atoms with E-state index in [4.69, 9.17) is 18.9 Å². The topological polar surface area (TPSA) is 81.6 Å². The van der Waals surface area contributed by atoms with Crippen LogP contribution in [-0.2, 0) is 16.1 Å². The molecule has 2 aliphatic rings. The minimum atomic E-state index is -0.414. The van der Waals surface area contributed by atoms with Crippen LogP contribution in [0.25, 0.3) is 0 Å². The van der Waals surface area contributed by atoms with Gasteiger partial charge in [0.15, 0.2) is 0 Å². The lowest BCUT2D eigenvalue weighted by Gasteiger charge is -2.36. The van der Waals surface area contributed by atoms with E-state index in [-0.39, 0.29) is 12.0 Å². The van der Waals surface area contributed by atoms with Crippen LogP contribution in [0.2, 0.25) is 0 Å². The van der Waals surface area contributed by atoms with Gasteiger partial charge in [-0.1, -0.05) is 41.6 Å². The van der Waals surface area contributed by atoms with Gasteiger partial charge in [-0.2, -0.15) is 4.91 Å². The largest absolute Gasteiger partial charge is 0.490 e. The lowest BCUT2D eigenvalue weighted by Crippen LogP contribution is -2.48. The molecule has 0 radical (unpaired) electrons. The van der Waals surface area contributed by atoms with Crippen LogP contribution in [0.15, 0.2) is 78.0 Å². The molecule has 200 valence electrons. The number of rotatable bonds is 11. The van der Waals surface area contributed by atoms with Crippen LogP contribution in [0, 0.1) is 4.91 Å². The van der Waals surface area contributed by atoms with Crippen LogP contribution in [0.5, 0.6) is 17.2 Å². The third kappa shape index (κ3) is 6.32. The molecule has 3 atom stereocenters. The predicted molar refractivity (Wildman–Crippen MR) is 147 cm³/mol. The van der Waals surface area contributed by atoms with Crippen molar-refractivity contribution in [3.05, 3.63) is 88.8 Å². The number of hydrogen-bond acceptors (Lipinski definition) is 8. The Labute approximate surface area is 223 Å². The maximum atomic E-state index is 11.8. The summed E-state index contributed by atoms with van der Waals surface area (Å²) < 4.78 is 23.5. The van der Waals surface area contributed by atoms with E-state index >= 15 is 0 Å². The highest BCUT2D eigenvalue weighted by atomic mass is 16.5. The summed E-state index contributed by atoms with van der Waals surface area (Å²) in [5, 5.41) is 6.76. The normalized spacial score (nSPS) is 20.9. The summed E-state index contributed by atoms with van der Waals surface area (Å²) in [5.41, 5.74) is 3.18. The van der Waals surface area contributed by atoms with Gasteiger partial charge in [0.05, 0.1) is 24.9 Å². The molecule has 0 bridgehead atoms. The van der Waals surface area contributed by atoms with E-state index in [9.17, 15) is 4.91 Å². The van der Waals surface area contributed by atoms with Gasteiger partial charge in [0.25, 0.3) is 0 Å². The Morgan fingerprint density at radius 2 is 1.84 bits per heavy atom. The van der Waals surface area contributed by atoms with E-state index in [1.807, 2.05) is 66.7 Å². The summed E-state index contributed by atoms with van der Waals surface area (Å²) in [6.45, 7) is 4.80. The van der Waals surface area contributed by atoms with Gasteiger partial charge in [0.2, 0.25) is 0 Å².